The van der Waals surface area contributed by atoms with Crippen LogP contribution in [0.3, 0.4) is 0 Å². The summed E-state index contributed by atoms with van der Waals surface area (Å²) in [5.41, 5.74) is 3.87. The van der Waals surface area contributed by atoms with Crippen molar-refractivity contribution in [1.82, 2.24) is 9.78 Å². The van der Waals surface area contributed by atoms with E-state index >= 15 is 0 Å². The predicted molar refractivity (Wildman–Crippen MR) is 82.6 cm³/mol. The van der Waals surface area contributed by atoms with Crippen molar-refractivity contribution in [2.24, 2.45) is 0 Å². The Morgan fingerprint density at radius 3 is 1.94 bits per heavy atom. The van der Waals surface area contributed by atoms with Gasteiger partial charge in [-0.2, -0.15) is 5.10 Å². The van der Waals surface area contributed by atoms with Crippen molar-refractivity contribution in [3.05, 3.63) is 17.0 Å². The Bertz CT molecular complexity index is 345. The monoisotopic (exact) mass is 314 g/mol. The van der Waals surface area contributed by atoms with Gasteiger partial charge in [-0.1, -0.05) is 48.0 Å². The maximum atomic E-state index is 4.58. The molecule has 0 bridgehead atoms. The lowest BCUT2D eigenvalue weighted by Crippen LogP contribution is -2.02. The van der Waals surface area contributed by atoms with Gasteiger partial charge in [-0.05, 0) is 39.2 Å². The lowest BCUT2D eigenvalue weighted by atomic mass is 10.1. The third-order valence-corrected chi connectivity index (χ3v) is 4.31. The first kappa shape index (κ1) is 15.7. The number of aromatic nitrogens is 2. The van der Waals surface area contributed by atoms with Crippen molar-refractivity contribution >= 4 is 15.9 Å². The van der Waals surface area contributed by atoms with E-state index in [1.165, 1.54) is 61.9 Å². The fourth-order valence-electron chi connectivity index (χ4n) is 2.24. The van der Waals surface area contributed by atoms with Crippen LogP contribution in [0, 0.1) is 20.8 Å². The van der Waals surface area contributed by atoms with Crippen LogP contribution in [0.2, 0.25) is 0 Å². The van der Waals surface area contributed by atoms with E-state index in [0.717, 1.165) is 11.9 Å². The number of unbranched alkanes of at least 4 members (excludes halogenated alkanes) is 6. The van der Waals surface area contributed by atoms with Crippen molar-refractivity contribution in [2.75, 3.05) is 5.33 Å². The van der Waals surface area contributed by atoms with Gasteiger partial charge < -0.3 is 0 Å². The van der Waals surface area contributed by atoms with Gasteiger partial charge in [-0.3, -0.25) is 4.68 Å². The molecule has 0 aliphatic rings. The average molecular weight is 315 g/mol. The Balaban J connectivity index is 2.09. The minimum Gasteiger partial charge on any atom is -0.269 e. The summed E-state index contributed by atoms with van der Waals surface area (Å²) in [6, 6.07) is 0. The molecule has 0 N–H and O–H groups in total. The fraction of sp³-hybridized carbons (Fsp3) is 0.800. The first-order valence-electron chi connectivity index (χ1n) is 7.23. The number of halogens is 1. The van der Waals surface area contributed by atoms with Gasteiger partial charge in [0.1, 0.15) is 0 Å². The molecule has 104 valence electrons. The van der Waals surface area contributed by atoms with Gasteiger partial charge in [-0.25, -0.2) is 0 Å². The van der Waals surface area contributed by atoms with E-state index in [2.05, 4.69) is 46.5 Å². The zero-order chi connectivity index (χ0) is 13.4. The highest BCUT2D eigenvalue weighted by molar-refractivity contribution is 9.09. The maximum Gasteiger partial charge on any atom is 0.0625 e. The standard InChI is InChI=1S/C15H27BrN2/c1-13-14(2)17-18(15(13)3)12-10-8-6-4-5-7-9-11-16/h4-12H2,1-3H3. The van der Waals surface area contributed by atoms with E-state index < -0.39 is 0 Å². The Morgan fingerprint density at radius 1 is 0.889 bits per heavy atom. The third-order valence-electron chi connectivity index (χ3n) is 3.75. The number of hydrogen-bond acceptors (Lipinski definition) is 1. The second-order valence-electron chi connectivity index (χ2n) is 5.18. The highest BCUT2D eigenvalue weighted by atomic mass is 79.9. The summed E-state index contributed by atoms with van der Waals surface area (Å²) in [5, 5.41) is 5.74. The first-order valence-corrected chi connectivity index (χ1v) is 8.35. The van der Waals surface area contributed by atoms with Crippen LogP contribution in [-0.2, 0) is 6.54 Å². The van der Waals surface area contributed by atoms with E-state index in [4.69, 9.17) is 0 Å². The lowest BCUT2D eigenvalue weighted by Gasteiger charge is -2.05. The molecule has 0 saturated heterocycles. The van der Waals surface area contributed by atoms with Crippen LogP contribution in [0.25, 0.3) is 0 Å². The number of alkyl halides is 1. The molecule has 18 heavy (non-hydrogen) atoms. The molecule has 0 unspecified atom stereocenters. The Kier molecular flexibility index (Phi) is 7.64. The van der Waals surface area contributed by atoms with E-state index in [-0.39, 0.29) is 0 Å². The second-order valence-corrected chi connectivity index (χ2v) is 5.98. The molecule has 2 nitrogen and oxygen atoms in total. The van der Waals surface area contributed by atoms with Gasteiger partial charge in [-0.15, -0.1) is 0 Å². The van der Waals surface area contributed by atoms with Crippen LogP contribution in [0.5, 0.6) is 0 Å². The molecule has 1 aromatic rings. The summed E-state index contributed by atoms with van der Waals surface area (Å²) in [7, 11) is 0. The van der Waals surface area contributed by atoms with Crippen molar-refractivity contribution in [2.45, 2.75) is 72.3 Å². The molecule has 0 aliphatic carbocycles. The van der Waals surface area contributed by atoms with Gasteiger partial charge in [0.15, 0.2) is 0 Å². The minimum atomic E-state index is 1.09. The van der Waals surface area contributed by atoms with E-state index in [9.17, 15) is 0 Å². The SMILES string of the molecule is Cc1nn(CCCCCCCCCBr)c(C)c1C. The molecule has 1 rings (SSSR count). The van der Waals surface area contributed by atoms with Gasteiger partial charge in [0.2, 0.25) is 0 Å². The maximum absolute atomic E-state index is 4.58. The fourth-order valence-corrected chi connectivity index (χ4v) is 2.64. The molecule has 0 fully saturated rings. The van der Waals surface area contributed by atoms with Crippen LogP contribution in [0.15, 0.2) is 0 Å². The van der Waals surface area contributed by atoms with Crippen LogP contribution < -0.4 is 0 Å². The summed E-state index contributed by atoms with van der Waals surface area (Å²) in [6.45, 7) is 7.53. The summed E-state index contributed by atoms with van der Waals surface area (Å²) in [4.78, 5) is 0. The molecule has 0 atom stereocenters. The van der Waals surface area contributed by atoms with Crippen LogP contribution >= 0.6 is 15.9 Å². The molecule has 0 saturated carbocycles. The van der Waals surface area contributed by atoms with E-state index in [1.807, 2.05) is 0 Å². The first-order chi connectivity index (χ1) is 8.66. The summed E-state index contributed by atoms with van der Waals surface area (Å²) >= 11 is 3.47. The highest BCUT2D eigenvalue weighted by Gasteiger charge is 2.05. The summed E-state index contributed by atoms with van der Waals surface area (Å²) in [6.07, 6.45) is 9.47. The van der Waals surface area contributed by atoms with Crippen molar-refractivity contribution in [1.29, 1.82) is 0 Å². The van der Waals surface area contributed by atoms with Crippen molar-refractivity contribution in [3.8, 4) is 0 Å². The van der Waals surface area contributed by atoms with Crippen LogP contribution in [-0.4, -0.2) is 15.1 Å². The Labute approximate surface area is 120 Å². The van der Waals surface area contributed by atoms with Gasteiger partial charge in [0, 0.05) is 17.6 Å². The molecule has 0 spiro atoms. The van der Waals surface area contributed by atoms with Gasteiger partial charge >= 0.3 is 0 Å². The van der Waals surface area contributed by atoms with E-state index in [1.54, 1.807) is 0 Å². The molecule has 3 heteroatoms. The topological polar surface area (TPSA) is 17.8 Å². The molecule has 0 radical (unpaired) electrons. The largest absolute Gasteiger partial charge is 0.269 e. The number of nitrogens with zero attached hydrogens (tertiary/aromatic N) is 2. The van der Waals surface area contributed by atoms with E-state index in [0.29, 0.717) is 0 Å². The summed E-state index contributed by atoms with van der Waals surface area (Å²) < 4.78 is 2.18. The zero-order valence-corrected chi connectivity index (χ0v) is 13.7. The zero-order valence-electron chi connectivity index (χ0n) is 12.1. The molecular weight excluding hydrogens is 288 g/mol. The number of hydrogen-bond donors (Lipinski definition) is 0. The predicted octanol–water partition coefficient (Wildman–Crippen LogP) is 4.93. The second kappa shape index (κ2) is 8.73. The van der Waals surface area contributed by atoms with Gasteiger partial charge in [0.05, 0.1) is 5.69 Å². The average Bonchev–Trinajstić information content (AvgIpc) is 2.60. The molecule has 0 aliphatic heterocycles. The molecule has 0 amide bonds. The number of rotatable bonds is 9. The summed E-state index contributed by atoms with van der Waals surface area (Å²) in [5.74, 6) is 0. The minimum absolute atomic E-state index is 1.09. The molecule has 1 aromatic heterocycles. The Hall–Kier alpha value is -0.310. The number of aryl methyl sites for hydroxylation is 2. The third kappa shape index (κ3) is 5.13. The molecule has 0 aromatic carbocycles. The van der Waals surface area contributed by atoms with Crippen LogP contribution in [0.4, 0.5) is 0 Å². The Morgan fingerprint density at radius 2 is 1.44 bits per heavy atom. The normalized spacial score (nSPS) is 11.1. The van der Waals surface area contributed by atoms with Crippen molar-refractivity contribution in [3.63, 3.8) is 0 Å². The molecule has 1 heterocycles. The van der Waals surface area contributed by atoms with Crippen molar-refractivity contribution < 1.29 is 0 Å². The smallest absolute Gasteiger partial charge is 0.0625 e. The quantitative estimate of drug-likeness (QED) is 0.466. The van der Waals surface area contributed by atoms with Gasteiger partial charge in [0.25, 0.3) is 0 Å². The lowest BCUT2D eigenvalue weighted by molar-refractivity contribution is 0.514. The molecular formula is C15H27BrN2. The highest BCUT2D eigenvalue weighted by Crippen LogP contribution is 2.13. The van der Waals surface area contributed by atoms with Crippen LogP contribution in [0.1, 0.15) is 61.9 Å².